The van der Waals surface area contributed by atoms with Crippen LogP contribution in [-0.4, -0.2) is 0 Å². The minimum atomic E-state index is -2.85. The Morgan fingerprint density at radius 2 is 0.294 bits per heavy atom. The van der Waals surface area contributed by atoms with E-state index < -0.39 is 43.1 Å². The summed E-state index contributed by atoms with van der Waals surface area (Å²) in [5.41, 5.74) is 0. The molecule has 0 aromatic rings. The molecule has 0 rings (SSSR count). The fraction of sp³-hybridized carbons (Fsp3) is 0. The summed E-state index contributed by atoms with van der Waals surface area (Å²) in [6.45, 7) is 0. The van der Waals surface area contributed by atoms with Crippen LogP contribution in [0.1, 0.15) is 0 Å². The maximum absolute atomic E-state index is 8.41. The van der Waals surface area contributed by atoms with Crippen LogP contribution in [0.5, 0.6) is 0 Å². The van der Waals surface area contributed by atoms with Crippen molar-refractivity contribution < 1.29 is 139 Å². The molecule has 12 nitrogen and oxygen atoms in total. The van der Waals surface area contributed by atoms with Gasteiger partial charge in [0.1, 0.15) is 0 Å². The van der Waals surface area contributed by atoms with Gasteiger partial charge in [-0.25, -0.2) is 0 Å². The molecule has 0 unspecified atom stereocenters. The smallest absolute Gasteiger partial charge is 0.357 e. The molecule has 17 heteroatoms. The predicted molar refractivity (Wildman–Crippen MR) is 0 cm³/mol. The van der Waals surface area contributed by atoms with Crippen molar-refractivity contribution in [1.29, 1.82) is 0 Å². The molecule has 17 heavy (non-hydrogen) atoms. The molecule has 0 radical (unpaired) electrons. The van der Waals surface area contributed by atoms with E-state index in [-0.39, 0.29) is 39.9 Å². The van der Waals surface area contributed by atoms with Crippen LogP contribution in [0.4, 0.5) is 0 Å². The minimum absolute atomic E-state index is 0. The van der Waals surface area contributed by atoms with Gasteiger partial charge in [0, 0.05) is 0 Å². The van der Waals surface area contributed by atoms with Gasteiger partial charge in [-0.2, -0.15) is 0 Å². The molecule has 0 fully saturated rings. The summed E-state index contributed by atoms with van der Waals surface area (Å²) in [4.78, 5) is 0. The molecule has 0 aliphatic rings. The summed E-state index contributed by atoms with van der Waals surface area (Å²) < 4.78 is 101. The molecule has 0 aromatic heterocycles. The minimum Gasteiger partial charge on any atom is -0.357 e. The van der Waals surface area contributed by atoms with Crippen molar-refractivity contribution in [3.05, 3.63) is 0 Å². The monoisotopic (exact) mass is 564 g/mol. The van der Waals surface area contributed by atoms with Crippen LogP contribution >= 0.6 is 0 Å². The van der Waals surface area contributed by atoms with Gasteiger partial charge < -0.3 is 55.9 Å². The zero-order valence-electron chi connectivity index (χ0n) is 6.91. The van der Waals surface area contributed by atoms with E-state index in [1.165, 1.54) is 0 Å². The van der Waals surface area contributed by atoms with Crippen molar-refractivity contribution in [2.24, 2.45) is 0 Å². The molecule has 0 aliphatic heterocycles. The quantitative estimate of drug-likeness (QED) is 0.264. The first-order valence-corrected chi connectivity index (χ1v) is 5.55. The third-order valence-corrected chi connectivity index (χ3v) is 0. The van der Waals surface area contributed by atoms with Crippen molar-refractivity contribution >= 4 is 0 Å². The van der Waals surface area contributed by atoms with Gasteiger partial charge in [-0.3, -0.25) is 0 Å². The summed E-state index contributed by atoms with van der Waals surface area (Å²) >= 11 is 0. The van der Waals surface area contributed by atoms with Gasteiger partial charge >= 0.3 is 39.9 Å². The van der Waals surface area contributed by atoms with E-state index in [1.807, 2.05) is 0 Å². The average Bonchev–Trinajstić information content (AvgIpc) is 1.76. The molecule has 0 heterocycles. The Bertz CT molecular complexity index is 61.5. The Hall–Kier alpha value is 2.00. The summed E-state index contributed by atoms with van der Waals surface area (Å²) in [6.07, 6.45) is 0. The molecule has 104 valence electrons. The van der Waals surface area contributed by atoms with E-state index in [9.17, 15) is 0 Å². The van der Waals surface area contributed by atoms with E-state index in [2.05, 4.69) is 0 Å². The number of hydrogen-bond acceptors (Lipinski definition) is 12. The standard InChI is InChI=1S/4ClO3.Th/c4*2-1(3)4;/q4*-1;+4. The van der Waals surface area contributed by atoms with Crippen molar-refractivity contribution in [2.45, 2.75) is 0 Å². The third-order valence-electron chi connectivity index (χ3n) is 0. The summed E-state index contributed by atoms with van der Waals surface area (Å²) in [6, 6.07) is 0. The van der Waals surface area contributed by atoms with Crippen LogP contribution in [0.2, 0.25) is 0 Å². The fourth-order valence-electron chi connectivity index (χ4n) is 0. The van der Waals surface area contributed by atoms with E-state index in [0.717, 1.165) is 0 Å². The first kappa shape index (κ1) is 31.4. The molecule has 0 bridgehead atoms. The molecule has 0 saturated carbocycles. The second-order valence-corrected chi connectivity index (χ2v) is 2.27. The van der Waals surface area contributed by atoms with Crippen molar-refractivity contribution in [3.63, 3.8) is 0 Å². The van der Waals surface area contributed by atoms with Crippen LogP contribution in [0.25, 0.3) is 0 Å². The van der Waals surface area contributed by atoms with E-state index >= 15 is 0 Å². The predicted octanol–water partition coefficient (Wildman–Crippen LogP) is -14.3. The molecule has 0 saturated heterocycles. The first-order valence-electron chi connectivity index (χ1n) is 1.85. The molecule has 0 amide bonds. The topological polar surface area (TPSA) is 277 Å². The van der Waals surface area contributed by atoms with Crippen molar-refractivity contribution in [3.8, 4) is 0 Å². The summed E-state index contributed by atoms with van der Waals surface area (Å²) in [5.74, 6) is 0. The largest absolute Gasteiger partial charge is 4.00 e. The Morgan fingerprint density at radius 1 is 0.294 bits per heavy atom. The van der Waals surface area contributed by atoms with Gasteiger partial charge in [0.2, 0.25) is 0 Å². The molecule has 0 N–H and O–H groups in total. The van der Waals surface area contributed by atoms with E-state index in [1.54, 1.807) is 0 Å². The first-order chi connectivity index (χ1) is 6.93. The van der Waals surface area contributed by atoms with Crippen LogP contribution in [-0.2, 0) is 0 Å². The zero-order valence-corrected chi connectivity index (χ0v) is 14.0. The van der Waals surface area contributed by atoms with Gasteiger partial charge in [0.15, 0.2) is 0 Å². The van der Waals surface area contributed by atoms with Gasteiger partial charge in [-0.1, -0.05) is 0 Å². The molecule has 0 aromatic carbocycles. The molecule has 0 spiro atoms. The van der Waals surface area contributed by atoms with Crippen LogP contribution in [0.3, 0.4) is 0 Å². The number of halogens is 4. The molecular weight excluding hydrogens is 566 g/mol. The number of hydrogen-bond donors (Lipinski definition) is 0. The normalized spacial score (nSPS) is 8.47. The van der Waals surface area contributed by atoms with E-state index in [4.69, 9.17) is 55.9 Å². The molecule has 0 atom stereocenters. The van der Waals surface area contributed by atoms with Crippen molar-refractivity contribution in [2.75, 3.05) is 0 Å². The molecular formula is Cl4O12Th. The zero-order chi connectivity index (χ0) is 14.3. The third kappa shape index (κ3) is 1150. The second-order valence-electron chi connectivity index (χ2n) is 0.756. The maximum Gasteiger partial charge on any atom is 4.00 e. The Labute approximate surface area is 138 Å². The van der Waals surface area contributed by atoms with Gasteiger partial charge in [-0.15, -0.1) is 0 Å². The Kier molecular flexibility index (Phi) is 49.0. The SMILES string of the molecule is [O-][Cl+2]([O-])[O-].[O-][Cl+2]([O-])[O-].[O-][Cl+2]([O-])[O-].[O-][Cl+2]([O-])[O-].[Th+4]. The summed E-state index contributed by atoms with van der Waals surface area (Å²) in [7, 11) is -11.4. The number of rotatable bonds is 0. The Balaban J connectivity index is -0.0000000369. The maximum atomic E-state index is 8.41. The van der Waals surface area contributed by atoms with Crippen LogP contribution in [0.15, 0.2) is 0 Å². The van der Waals surface area contributed by atoms with Crippen molar-refractivity contribution in [1.82, 2.24) is 0 Å². The van der Waals surface area contributed by atoms with E-state index in [0.29, 0.717) is 0 Å². The Morgan fingerprint density at radius 3 is 0.294 bits per heavy atom. The van der Waals surface area contributed by atoms with Crippen LogP contribution in [0, 0.1) is 83.1 Å². The fourth-order valence-corrected chi connectivity index (χ4v) is 0. The van der Waals surface area contributed by atoms with Gasteiger partial charge in [0.05, 0.1) is 43.1 Å². The van der Waals surface area contributed by atoms with Gasteiger partial charge in [0.25, 0.3) is 0 Å². The second kappa shape index (κ2) is 26.5. The molecule has 0 aliphatic carbocycles. The van der Waals surface area contributed by atoms with Gasteiger partial charge in [-0.05, 0) is 0 Å². The average molecular weight is 566 g/mol. The van der Waals surface area contributed by atoms with Crippen LogP contribution < -0.4 is 55.9 Å². The summed E-state index contributed by atoms with van der Waals surface area (Å²) in [5, 5.41) is 0.